The highest BCUT2D eigenvalue weighted by molar-refractivity contribution is 6.02. The highest BCUT2D eigenvalue weighted by Gasteiger charge is 2.08. The van der Waals surface area contributed by atoms with Gasteiger partial charge in [-0.15, -0.1) is 0 Å². The van der Waals surface area contributed by atoms with E-state index in [1.807, 2.05) is 72.4 Å². The lowest BCUT2D eigenvalue weighted by molar-refractivity contribution is 0.102. The number of pyridine rings is 1. The average molecular weight is 277 g/mol. The number of nitrogens with zero attached hydrogens (tertiary/aromatic N) is 2. The third kappa shape index (κ3) is 3.00. The van der Waals surface area contributed by atoms with E-state index in [0.29, 0.717) is 5.69 Å². The van der Waals surface area contributed by atoms with Gasteiger partial charge in [0.15, 0.2) is 0 Å². The van der Waals surface area contributed by atoms with Crippen molar-refractivity contribution in [3.63, 3.8) is 0 Å². The molecule has 0 spiro atoms. The van der Waals surface area contributed by atoms with Crippen molar-refractivity contribution in [2.45, 2.75) is 6.92 Å². The molecule has 1 aromatic carbocycles. The van der Waals surface area contributed by atoms with Crippen LogP contribution in [0.4, 0.5) is 5.69 Å². The Kier molecular flexibility index (Phi) is 3.51. The summed E-state index contributed by atoms with van der Waals surface area (Å²) in [4.78, 5) is 16.4. The number of hydrogen-bond acceptors (Lipinski definition) is 2. The third-order valence-electron chi connectivity index (χ3n) is 3.13. The molecule has 0 aliphatic rings. The lowest BCUT2D eigenvalue weighted by Gasteiger charge is -2.08. The Labute approximate surface area is 123 Å². The largest absolute Gasteiger partial charge is 0.324 e. The molecule has 0 bridgehead atoms. The Morgan fingerprint density at radius 3 is 2.57 bits per heavy atom. The molecule has 21 heavy (non-hydrogen) atoms. The second kappa shape index (κ2) is 5.63. The van der Waals surface area contributed by atoms with Gasteiger partial charge in [-0.2, -0.15) is 0 Å². The molecule has 2 heterocycles. The summed E-state index contributed by atoms with van der Waals surface area (Å²) in [6.45, 7) is 1.86. The molecule has 3 rings (SSSR count). The van der Waals surface area contributed by atoms with E-state index >= 15 is 0 Å². The van der Waals surface area contributed by atoms with Gasteiger partial charge in [0.05, 0.1) is 0 Å². The van der Waals surface area contributed by atoms with Crippen LogP contribution in [0.2, 0.25) is 0 Å². The Morgan fingerprint density at radius 1 is 1.05 bits per heavy atom. The molecular weight excluding hydrogens is 262 g/mol. The van der Waals surface area contributed by atoms with Crippen LogP contribution in [0.25, 0.3) is 5.69 Å². The smallest absolute Gasteiger partial charge is 0.274 e. The fraction of sp³-hybridized carbons (Fsp3) is 0.0588. The van der Waals surface area contributed by atoms with Crippen molar-refractivity contribution in [3.8, 4) is 5.69 Å². The minimum absolute atomic E-state index is 0.205. The van der Waals surface area contributed by atoms with Crippen molar-refractivity contribution in [2.75, 3.05) is 5.32 Å². The van der Waals surface area contributed by atoms with Crippen LogP contribution in [0, 0.1) is 6.92 Å². The number of rotatable bonds is 3. The fourth-order valence-corrected chi connectivity index (χ4v) is 2.12. The molecule has 0 aliphatic heterocycles. The van der Waals surface area contributed by atoms with E-state index in [1.54, 1.807) is 6.07 Å². The number of hydrogen-bond donors (Lipinski definition) is 1. The maximum atomic E-state index is 12.2. The Hall–Kier alpha value is -2.88. The highest BCUT2D eigenvalue weighted by atomic mass is 16.1. The number of aromatic nitrogens is 2. The summed E-state index contributed by atoms with van der Waals surface area (Å²) in [7, 11) is 0. The maximum Gasteiger partial charge on any atom is 0.274 e. The zero-order valence-corrected chi connectivity index (χ0v) is 11.7. The molecule has 0 aliphatic carbocycles. The summed E-state index contributed by atoms with van der Waals surface area (Å²) < 4.78 is 1.99. The van der Waals surface area contributed by atoms with Gasteiger partial charge in [0, 0.05) is 29.5 Å². The van der Waals surface area contributed by atoms with E-state index in [4.69, 9.17) is 0 Å². The second-order valence-corrected chi connectivity index (χ2v) is 4.76. The van der Waals surface area contributed by atoms with Gasteiger partial charge in [-0.1, -0.05) is 12.1 Å². The summed E-state index contributed by atoms with van der Waals surface area (Å²) in [5, 5.41) is 2.87. The molecular formula is C17H15N3O. The van der Waals surface area contributed by atoms with Crippen molar-refractivity contribution >= 4 is 11.6 Å². The van der Waals surface area contributed by atoms with Crippen molar-refractivity contribution in [1.29, 1.82) is 0 Å². The molecule has 0 saturated heterocycles. The van der Waals surface area contributed by atoms with E-state index < -0.39 is 0 Å². The third-order valence-corrected chi connectivity index (χ3v) is 3.13. The van der Waals surface area contributed by atoms with Crippen molar-refractivity contribution < 1.29 is 4.79 Å². The van der Waals surface area contributed by atoms with E-state index in [0.717, 1.165) is 17.1 Å². The van der Waals surface area contributed by atoms with Gasteiger partial charge in [-0.3, -0.25) is 4.79 Å². The molecule has 3 aromatic rings. The average Bonchev–Trinajstić information content (AvgIpc) is 3.02. The predicted molar refractivity (Wildman–Crippen MR) is 82.7 cm³/mol. The van der Waals surface area contributed by atoms with Crippen LogP contribution in [0.1, 0.15) is 16.2 Å². The molecule has 0 radical (unpaired) electrons. The molecule has 4 nitrogen and oxygen atoms in total. The van der Waals surface area contributed by atoms with Crippen LogP contribution in [-0.4, -0.2) is 15.5 Å². The zero-order valence-electron chi connectivity index (χ0n) is 11.7. The van der Waals surface area contributed by atoms with E-state index in [1.165, 1.54) is 0 Å². The number of nitrogens with one attached hydrogen (secondary N) is 1. The summed E-state index contributed by atoms with van der Waals surface area (Å²) >= 11 is 0. The molecule has 0 saturated carbocycles. The van der Waals surface area contributed by atoms with Crippen LogP contribution < -0.4 is 5.32 Å². The summed E-state index contributed by atoms with van der Waals surface area (Å²) in [5.74, 6) is -0.205. The number of benzene rings is 1. The Bertz CT molecular complexity index is 763. The molecule has 0 atom stereocenters. The SMILES string of the molecule is Cc1cccc(C(=O)Nc2cccc(-n3cccc3)c2)n1. The Morgan fingerprint density at radius 2 is 1.81 bits per heavy atom. The molecule has 0 fully saturated rings. The topological polar surface area (TPSA) is 46.9 Å². The van der Waals surface area contributed by atoms with Gasteiger partial charge in [0.25, 0.3) is 5.91 Å². The zero-order chi connectivity index (χ0) is 14.7. The van der Waals surface area contributed by atoms with Crippen LogP contribution in [-0.2, 0) is 0 Å². The highest BCUT2D eigenvalue weighted by Crippen LogP contribution is 2.15. The van der Waals surface area contributed by atoms with Crippen molar-refractivity contribution in [1.82, 2.24) is 9.55 Å². The van der Waals surface area contributed by atoms with Gasteiger partial charge in [0.2, 0.25) is 0 Å². The number of carbonyl (C=O) groups excluding carboxylic acids is 1. The number of amides is 1. The van der Waals surface area contributed by atoms with E-state index in [-0.39, 0.29) is 5.91 Å². The first kappa shape index (κ1) is 13.1. The quantitative estimate of drug-likeness (QED) is 0.797. The summed E-state index contributed by atoms with van der Waals surface area (Å²) in [5.41, 5.74) is 2.98. The number of aryl methyl sites for hydroxylation is 1. The number of anilines is 1. The standard InChI is InChI=1S/C17H15N3O/c1-13-6-4-9-16(18-13)17(21)19-14-7-5-8-15(12-14)20-10-2-3-11-20/h2-12H,1H3,(H,19,21). The Balaban J connectivity index is 1.82. The van der Waals surface area contributed by atoms with Gasteiger partial charge < -0.3 is 9.88 Å². The molecule has 2 aromatic heterocycles. The minimum Gasteiger partial charge on any atom is -0.324 e. The van der Waals surface area contributed by atoms with Crippen molar-refractivity contribution in [2.24, 2.45) is 0 Å². The van der Waals surface area contributed by atoms with Crippen LogP contribution >= 0.6 is 0 Å². The van der Waals surface area contributed by atoms with Crippen molar-refractivity contribution in [3.05, 3.63) is 78.4 Å². The molecule has 4 heteroatoms. The lowest BCUT2D eigenvalue weighted by atomic mass is 10.2. The fourth-order valence-electron chi connectivity index (χ4n) is 2.12. The van der Waals surface area contributed by atoms with Gasteiger partial charge in [0.1, 0.15) is 5.69 Å². The first-order valence-electron chi connectivity index (χ1n) is 6.71. The molecule has 104 valence electrons. The van der Waals surface area contributed by atoms with Gasteiger partial charge in [-0.25, -0.2) is 4.98 Å². The van der Waals surface area contributed by atoms with Crippen LogP contribution in [0.3, 0.4) is 0 Å². The summed E-state index contributed by atoms with van der Waals surface area (Å²) in [6, 6.07) is 17.0. The molecule has 1 N–H and O–H groups in total. The lowest BCUT2D eigenvalue weighted by Crippen LogP contribution is -2.14. The molecule has 0 unspecified atom stereocenters. The van der Waals surface area contributed by atoms with Crippen LogP contribution in [0.15, 0.2) is 67.0 Å². The molecule has 1 amide bonds. The second-order valence-electron chi connectivity index (χ2n) is 4.76. The predicted octanol–water partition coefficient (Wildman–Crippen LogP) is 3.43. The van der Waals surface area contributed by atoms with E-state index in [2.05, 4.69) is 10.3 Å². The monoisotopic (exact) mass is 277 g/mol. The van der Waals surface area contributed by atoms with Gasteiger partial charge in [-0.05, 0) is 49.4 Å². The van der Waals surface area contributed by atoms with Crippen LogP contribution in [0.5, 0.6) is 0 Å². The summed E-state index contributed by atoms with van der Waals surface area (Å²) in [6.07, 6.45) is 3.92. The number of carbonyl (C=O) groups is 1. The first-order chi connectivity index (χ1) is 10.2. The normalized spacial score (nSPS) is 10.3. The first-order valence-corrected chi connectivity index (χ1v) is 6.71. The van der Waals surface area contributed by atoms with Gasteiger partial charge >= 0.3 is 0 Å². The minimum atomic E-state index is -0.205. The maximum absolute atomic E-state index is 12.2. The van der Waals surface area contributed by atoms with E-state index in [9.17, 15) is 4.79 Å².